The molecule has 3 atom stereocenters. The van der Waals surface area contributed by atoms with Crippen molar-refractivity contribution in [3.05, 3.63) is 35.4 Å². The lowest BCUT2D eigenvalue weighted by Gasteiger charge is -2.53. The van der Waals surface area contributed by atoms with Crippen molar-refractivity contribution in [2.24, 2.45) is 11.3 Å². The summed E-state index contributed by atoms with van der Waals surface area (Å²) >= 11 is 0. The normalized spacial score (nSPS) is 30.6. The van der Waals surface area contributed by atoms with Gasteiger partial charge in [0.25, 0.3) is 0 Å². The van der Waals surface area contributed by atoms with Crippen molar-refractivity contribution < 1.29 is 9.53 Å². The number of nitrogens with one attached hydrogen (secondary N) is 1. The predicted octanol–water partition coefficient (Wildman–Crippen LogP) is 2.87. The van der Waals surface area contributed by atoms with E-state index in [1.807, 2.05) is 0 Å². The zero-order valence-electron chi connectivity index (χ0n) is 18.9. The van der Waals surface area contributed by atoms with E-state index in [0.29, 0.717) is 17.9 Å². The summed E-state index contributed by atoms with van der Waals surface area (Å²) in [6.07, 6.45) is 5.39. The number of carbonyl (C=O) groups excluding carboxylic acids is 1. The Balaban J connectivity index is 1.41. The van der Waals surface area contributed by atoms with Gasteiger partial charge in [0, 0.05) is 32.2 Å². The van der Waals surface area contributed by atoms with Gasteiger partial charge >= 0.3 is 0 Å². The van der Waals surface area contributed by atoms with E-state index in [4.69, 9.17) is 4.74 Å². The van der Waals surface area contributed by atoms with Crippen LogP contribution in [0.3, 0.4) is 0 Å². The molecule has 30 heavy (non-hydrogen) atoms. The quantitative estimate of drug-likeness (QED) is 0.779. The van der Waals surface area contributed by atoms with Crippen molar-refractivity contribution in [2.75, 3.05) is 52.5 Å². The zero-order chi connectivity index (χ0) is 21.0. The summed E-state index contributed by atoms with van der Waals surface area (Å²) in [7, 11) is 0. The number of benzene rings is 1. The van der Waals surface area contributed by atoms with Crippen LogP contribution < -0.4 is 5.32 Å². The number of hydrogen-bond donors (Lipinski definition) is 1. The summed E-state index contributed by atoms with van der Waals surface area (Å²) in [5.41, 5.74) is 2.38. The third kappa shape index (κ3) is 4.74. The van der Waals surface area contributed by atoms with Gasteiger partial charge in [-0.15, -0.1) is 0 Å². The fourth-order valence-electron chi connectivity index (χ4n) is 6.00. The van der Waals surface area contributed by atoms with Crippen molar-refractivity contribution in [2.45, 2.75) is 52.0 Å². The van der Waals surface area contributed by atoms with E-state index in [1.54, 1.807) is 0 Å². The van der Waals surface area contributed by atoms with Crippen molar-refractivity contribution >= 4 is 5.91 Å². The maximum atomic E-state index is 13.6. The van der Waals surface area contributed by atoms with Crippen LogP contribution in [-0.2, 0) is 16.0 Å². The van der Waals surface area contributed by atoms with Crippen molar-refractivity contribution in [1.82, 2.24) is 15.1 Å². The molecule has 3 fully saturated rings. The number of rotatable bonds is 6. The van der Waals surface area contributed by atoms with Crippen molar-refractivity contribution in [1.29, 1.82) is 0 Å². The first kappa shape index (κ1) is 21.8. The standard InChI is InChI=1S/C25H39N3O2/c1-3-27-12-9-22-18-23(28-13-15-30-16-14-28)7-10-25(22,19-27)24(29)26-11-8-21-6-4-5-20(2)17-21/h4-6,17,22-23H,3,7-16,18-19H2,1-2H3,(H,26,29)/t22-,23+,25-/m1/s1. The molecule has 1 aromatic rings. The molecule has 0 bridgehead atoms. The van der Waals surface area contributed by atoms with Gasteiger partial charge in [-0.2, -0.15) is 0 Å². The van der Waals surface area contributed by atoms with Gasteiger partial charge in [-0.25, -0.2) is 0 Å². The van der Waals surface area contributed by atoms with Gasteiger partial charge in [0.05, 0.1) is 18.6 Å². The van der Waals surface area contributed by atoms with Crippen LogP contribution >= 0.6 is 0 Å². The highest BCUT2D eigenvalue weighted by molar-refractivity contribution is 5.83. The molecular weight excluding hydrogens is 374 g/mol. The Labute approximate surface area is 182 Å². The molecule has 5 nitrogen and oxygen atoms in total. The topological polar surface area (TPSA) is 44.8 Å². The molecule has 1 saturated carbocycles. The van der Waals surface area contributed by atoms with Crippen LogP contribution in [0.4, 0.5) is 0 Å². The molecule has 1 aliphatic carbocycles. The molecule has 2 aliphatic heterocycles. The number of likely N-dealkylation sites (tertiary alicyclic amines) is 1. The molecule has 2 heterocycles. The summed E-state index contributed by atoms with van der Waals surface area (Å²) in [5, 5.41) is 3.35. The Morgan fingerprint density at radius 2 is 2.07 bits per heavy atom. The molecule has 4 rings (SSSR count). The summed E-state index contributed by atoms with van der Waals surface area (Å²) in [6.45, 7) is 12.0. The third-order valence-corrected chi connectivity index (χ3v) is 7.80. The maximum absolute atomic E-state index is 13.6. The van der Waals surface area contributed by atoms with Gasteiger partial charge in [0.15, 0.2) is 0 Å². The Bertz CT molecular complexity index is 718. The van der Waals surface area contributed by atoms with E-state index in [0.717, 1.165) is 78.2 Å². The minimum Gasteiger partial charge on any atom is -0.379 e. The van der Waals surface area contributed by atoms with Gasteiger partial charge in [-0.3, -0.25) is 9.69 Å². The predicted molar refractivity (Wildman–Crippen MR) is 121 cm³/mol. The summed E-state index contributed by atoms with van der Waals surface area (Å²) in [5.74, 6) is 0.805. The zero-order valence-corrected chi connectivity index (χ0v) is 18.9. The highest BCUT2D eigenvalue weighted by atomic mass is 16.5. The third-order valence-electron chi connectivity index (χ3n) is 7.80. The molecule has 1 aromatic carbocycles. The van der Waals surface area contributed by atoms with E-state index in [2.05, 4.69) is 53.2 Å². The minimum atomic E-state index is -0.205. The molecule has 1 amide bonds. The summed E-state index contributed by atoms with van der Waals surface area (Å²) < 4.78 is 5.56. The van der Waals surface area contributed by atoms with Crippen LogP contribution in [-0.4, -0.2) is 74.2 Å². The van der Waals surface area contributed by atoms with Crippen molar-refractivity contribution in [3.8, 4) is 0 Å². The Morgan fingerprint density at radius 1 is 1.23 bits per heavy atom. The average molecular weight is 414 g/mol. The van der Waals surface area contributed by atoms with Gasteiger partial charge < -0.3 is 15.0 Å². The van der Waals surface area contributed by atoms with Gasteiger partial charge in [0.2, 0.25) is 5.91 Å². The van der Waals surface area contributed by atoms with Crippen LogP contribution in [0.5, 0.6) is 0 Å². The van der Waals surface area contributed by atoms with Crippen molar-refractivity contribution in [3.63, 3.8) is 0 Å². The molecule has 0 aromatic heterocycles. The number of carbonyl (C=O) groups is 1. The second-order valence-corrected chi connectivity index (χ2v) is 9.58. The average Bonchev–Trinajstić information content (AvgIpc) is 2.78. The second-order valence-electron chi connectivity index (χ2n) is 9.58. The van der Waals surface area contributed by atoms with Crippen LogP contribution in [0.2, 0.25) is 0 Å². The van der Waals surface area contributed by atoms with E-state index < -0.39 is 0 Å². The number of fused-ring (bicyclic) bond motifs is 1. The smallest absolute Gasteiger partial charge is 0.227 e. The number of piperidine rings is 1. The fraction of sp³-hybridized carbons (Fsp3) is 0.720. The van der Waals surface area contributed by atoms with E-state index in [-0.39, 0.29) is 5.41 Å². The largest absolute Gasteiger partial charge is 0.379 e. The monoisotopic (exact) mass is 413 g/mol. The van der Waals surface area contributed by atoms with E-state index >= 15 is 0 Å². The number of morpholine rings is 1. The van der Waals surface area contributed by atoms with Crippen LogP contribution in [0.15, 0.2) is 24.3 Å². The molecule has 3 aliphatic rings. The minimum absolute atomic E-state index is 0.205. The lowest BCUT2D eigenvalue weighted by molar-refractivity contribution is -0.144. The molecule has 166 valence electrons. The molecule has 0 radical (unpaired) electrons. The molecule has 2 saturated heterocycles. The SMILES string of the molecule is CCN1CC[C@@H]2C[C@@H](N3CCOCC3)CC[C@@]2(C(=O)NCCc2cccc(C)c2)C1. The first-order chi connectivity index (χ1) is 14.6. The molecule has 1 N–H and O–H groups in total. The molecular formula is C25H39N3O2. The van der Waals surface area contributed by atoms with Crippen LogP contribution in [0, 0.1) is 18.3 Å². The number of nitrogens with zero attached hydrogens (tertiary/aromatic N) is 2. The summed E-state index contributed by atoms with van der Waals surface area (Å²) in [4.78, 5) is 18.7. The van der Waals surface area contributed by atoms with Gasteiger partial charge in [-0.1, -0.05) is 36.8 Å². The Hall–Kier alpha value is -1.43. The fourth-order valence-corrected chi connectivity index (χ4v) is 6.00. The lowest BCUT2D eigenvalue weighted by Crippen LogP contribution is -2.61. The lowest BCUT2D eigenvalue weighted by atomic mass is 9.61. The maximum Gasteiger partial charge on any atom is 0.227 e. The first-order valence-electron chi connectivity index (χ1n) is 12.0. The molecule has 0 spiro atoms. The Kier molecular flexibility index (Phi) is 7.12. The van der Waals surface area contributed by atoms with Crippen LogP contribution in [0.1, 0.15) is 43.7 Å². The number of amides is 1. The van der Waals surface area contributed by atoms with E-state index in [1.165, 1.54) is 17.5 Å². The van der Waals surface area contributed by atoms with E-state index in [9.17, 15) is 4.79 Å². The van der Waals surface area contributed by atoms with Gasteiger partial charge in [0.1, 0.15) is 0 Å². The number of ether oxygens (including phenoxy) is 1. The Morgan fingerprint density at radius 3 is 2.83 bits per heavy atom. The second kappa shape index (κ2) is 9.80. The number of hydrogen-bond acceptors (Lipinski definition) is 4. The first-order valence-corrected chi connectivity index (χ1v) is 12.0. The molecule has 0 unspecified atom stereocenters. The number of aryl methyl sites for hydroxylation is 1. The highest BCUT2D eigenvalue weighted by Gasteiger charge is 2.52. The summed E-state index contributed by atoms with van der Waals surface area (Å²) in [6, 6.07) is 9.24. The highest BCUT2D eigenvalue weighted by Crippen LogP contribution is 2.47. The van der Waals surface area contributed by atoms with Gasteiger partial charge in [-0.05, 0) is 63.6 Å². The van der Waals surface area contributed by atoms with Crippen LogP contribution in [0.25, 0.3) is 0 Å². The molecule has 5 heteroatoms.